The number of amides is 2. The first kappa shape index (κ1) is 15.4. The summed E-state index contributed by atoms with van der Waals surface area (Å²) < 4.78 is 0. The van der Waals surface area contributed by atoms with Crippen molar-refractivity contribution < 1.29 is 14.7 Å². The SMILES string of the molecule is CCc1cnc(CNC(=O)NC(C)(CC)C(=O)O)s1. The monoisotopic (exact) mass is 285 g/mol. The zero-order valence-corrected chi connectivity index (χ0v) is 12.1. The molecule has 1 rings (SSSR count). The van der Waals surface area contributed by atoms with Crippen LogP contribution in [-0.2, 0) is 17.8 Å². The number of nitrogens with one attached hydrogen (secondary N) is 2. The number of carboxylic acid groups (broad SMARTS) is 1. The Bertz CT molecular complexity index is 461. The first-order valence-corrected chi connectivity index (χ1v) is 6.96. The van der Waals surface area contributed by atoms with Crippen molar-refractivity contribution in [1.29, 1.82) is 0 Å². The van der Waals surface area contributed by atoms with Crippen molar-refractivity contribution in [2.45, 2.75) is 45.7 Å². The van der Waals surface area contributed by atoms with E-state index in [1.165, 1.54) is 18.3 Å². The minimum Gasteiger partial charge on any atom is -0.480 e. The average Bonchev–Trinajstić information content (AvgIpc) is 2.84. The molecule has 3 N–H and O–H groups in total. The van der Waals surface area contributed by atoms with Crippen molar-refractivity contribution in [3.8, 4) is 0 Å². The number of hydrogen-bond acceptors (Lipinski definition) is 4. The van der Waals surface area contributed by atoms with E-state index in [2.05, 4.69) is 15.6 Å². The van der Waals surface area contributed by atoms with Crippen LogP contribution in [0.1, 0.15) is 37.1 Å². The fourth-order valence-corrected chi connectivity index (χ4v) is 2.14. The fraction of sp³-hybridized carbons (Fsp3) is 0.583. The zero-order chi connectivity index (χ0) is 14.5. The molecule has 0 spiro atoms. The largest absolute Gasteiger partial charge is 0.480 e. The molecule has 6 nitrogen and oxygen atoms in total. The molecule has 19 heavy (non-hydrogen) atoms. The van der Waals surface area contributed by atoms with E-state index in [0.717, 1.165) is 16.3 Å². The molecular weight excluding hydrogens is 266 g/mol. The van der Waals surface area contributed by atoms with Gasteiger partial charge < -0.3 is 15.7 Å². The molecular formula is C12H19N3O3S. The van der Waals surface area contributed by atoms with Crippen LogP contribution in [-0.4, -0.2) is 27.6 Å². The molecule has 0 aliphatic carbocycles. The van der Waals surface area contributed by atoms with Gasteiger partial charge in [0.05, 0.1) is 6.54 Å². The maximum absolute atomic E-state index is 11.7. The van der Waals surface area contributed by atoms with Gasteiger partial charge in [-0.2, -0.15) is 0 Å². The Hall–Kier alpha value is -1.63. The summed E-state index contributed by atoms with van der Waals surface area (Å²) in [4.78, 5) is 28.0. The molecule has 0 bridgehead atoms. The number of nitrogens with zero attached hydrogens (tertiary/aromatic N) is 1. The second-order valence-corrected chi connectivity index (χ2v) is 5.57. The lowest BCUT2D eigenvalue weighted by atomic mass is 10.00. The highest BCUT2D eigenvalue weighted by Gasteiger charge is 2.32. The molecule has 106 valence electrons. The number of hydrogen-bond donors (Lipinski definition) is 3. The summed E-state index contributed by atoms with van der Waals surface area (Å²) >= 11 is 1.53. The Kier molecular flexibility index (Phi) is 5.29. The predicted molar refractivity (Wildman–Crippen MR) is 73.2 cm³/mol. The Labute approximate surface area is 116 Å². The summed E-state index contributed by atoms with van der Waals surface area (Å²) in [6.45, 7) is 5.53. The molecule has 1 aromatic heterocycles. The van der Waals surface area contributed by atoms with Crippen molar-refractivity contribution in [3.05, 3.63) is 16.1 Å². The van der Waals surface area contributed by atoms with Crippen molar-refractivity contribution in [2.24, 2.45) is 0 Å². The Morgan fingerprint density at radius 1 is 1.47 bits per heavy atom. The number of carboxylic acids is 1. The molecule has 0 aliphatic heterocycles. The Balaban J connectivity index is 2.49. The van der Waals surface area contributed by atoms with E-state index in [9.17, 15) is 9.59 Å². The first-order chi connectivity index (χ1) is 8.91. The van der Waals surface area contributed by atoms with Gasteiger partial charge in [-0.1, -0.05) is 13.8 Å². The number of urea groups is 1. The normalized spacial score (nSPS) is 13.6. The van der Waals surface area contributed by atoms with Gasteiger partial charge in [0.2, 0.25) is 0 Å². The summed E-state index contributed by atoms with van der Waals surface area (Å²) in [5, 5.41) is 14.9. The number of aromatic nitrogens is 1. The van der Waals surface area contributed by atoms with E-state index < -0.39 is 17.5 Å². The van der Waals surface area contributed by atoms with Crippen molar-refractivity contribution in [3.63, 3.8) is 0 Å². The third-order valence-electron chi connectivity index (χ3n) is 2.92. The smallest absolute Gasteiger partial charge is 0.329 e. The van der Waals surface area contributed by atoms with Crippen LogP contribution in [0.5, 0.6) is 0 Å². The number of aliphatic carboxylic acids is 1. The molecule has 1 heterocycles. The van der Waals surface area contributed by atoms with Gasteiger partial charge in [-0.25, -0.2) is 14.6 Å². The Morgan fingerprint density at radius 3 is 2.63 bits per heavy atom. The van der Waals surface area contributed by atoms with Crippen molar-refractivity contribution in [1.82, 2.24) is 15.6 Å². The predicted octanol–water partition coefficient (Wildman–Crippen LogP) is 1.76. The van der Waals surface area contributed by atoms with Crippen LogP contribution in [0.25, 0.3) is 0 Å². The maximum atomic E-state index is 11.7. The highest BCUT2D eigenvalue weighted by Crippen LogP contribution is 2.13. The number of aryl methyl sites for hydroxylation is 1. The minimum absolute atomic E-state index is 0.302. The van der Waals surface area contributed by atoms with E-state index in [-0.39, 0.29) is 0 Å². The summed E-state index contributed by atoms with van der Waals surface area (Å²) in [7, 11) is 0. The van der Waals surface area contributed by atoms with E-state index >= 15 is 0 Å². The van der Waals surface area contributed by atoms with Gasteiger partial charge in [0.25, 0.3) is 0 Å². The van der Waals surface area contributed by atoms with Crippen LogP contribution in [0.3, 0.4) is 0 Å². The average molecular weight is 285 g/mol. The Morgan fingerprint density at radius 2 is 2.16 bits per heavy atom. The molecule has 0 saturated carbocycles. The lowest BCUT2D eigenvalue weighted by Crippen LogP contribution is -2.54. The molecule has 0 radical (unpaired) electrons. The quantitative estimate of drug-likeness (QED) is 0.742. The lowest BCUT2D eigenvalue weighted by Gasteiger charge is -2.24. The van der Waals surface area contributed by atoms with Crippen LogP contribution in [0, 0.1) is 0 Å². The van der Waals surface area contributed by atoms with Crippen LogP contribution in [0.4, 0.5) is 4.79 Å². The van der Waals surface area contributed by atoms with Crippen molar-refractivity contribution >= 4 is 23.3 Å². The van der Waals surface area contributed by atoms with Gasteiger partial charge in [0.1, 0.15) is 10.5 Å². The van der Waals surface area contributed by atoms with E-state index in [1.54, 1.807) is 13.1 Å². The van der Waals surface area contributed by atoms with E-state index in [0.29, 0.717) is 13.0 Å². The second kappa shape index (κ2) is 6.51. The lowest BCUT2D eigenvalue weighted by molar-refractivity contribution is -0.143. The van der Waals surface area contributed by atoms with Gasteiger partial charge in [-0.3, -0.25) is 0 Å². The summed E-state index contributed by atoms with van der Waals surface area (Å²) in [5.74, 6) is -1.05. The summed E-state index contributed by atoms with van der Waals surface area (Å²) in [6.07, 6.45) is 3.01. The van der Waals surface area contributed by atoms with Gasteiger partial charge >= 0.3 is 12.0 Å². The minimum atomic E-state index is -1.25. The van der Waals surface area contributed by atoms with Crippen LogP contribution >= 0.6 is 11.3 Å². The molecule has 2 amide bonds. The third kappa shape index (κ3) is 4.20. The van der Waals surface area contributed by atoms with Crippen molar-refractivity contribution in [2.75, 3.05) is 0 Å². The molecule has 1 atom stereocenters. The molecule has 0 aromatic carbocycles. The molecule has 1 unspecified atom stereocenters. The number of carbonyl (C=O) groups excluding carboxylic acids is 1. The van der Waals surface area contributed by atoms with Crippen LogP contribution in [0.15, 0.2) is 6.20 Å². The topological polar surface area (TPSA) is 91.3 Å². The maximum Gasteiger partial charge on any atom is 0.329 e. The van der Waals surface area contributed by atoms with E-state index in [1.807, 2.05) is 6.92 Å². The standard InChI is InChI=1S/C12H19N3O3S/c1-4-8-6-13-9(19-8)7-14-11(18)15-12(3,5-2)10(16)17/h6H,4-5,7H2,1-3H3,(H,16,17)(H2,14,15,18). The number of carbonyl (C=O) groups is 2. The third-order valence-corrected chi connectivity index (χ3v) is 4.06. The second-order valence-electron chi connectivity index (χ2n) is 4.37. The van der Waals surface area contributed by atoms with Gasteiger partial charge in [-0.15, -0.1) is 11.3 Å². The highest BCUT2D eigenvalue weighted by atomic mass is 32.1. The molecule has 0 fully saturated rings. The first-order valence-electron chi connectivity index (χ1n) is 6.14. The van der Waals surface area contributed by atoms with Gasteiger partial charge in [0.15, 0.2) is 0 Å². The summed E-state index contributed by atoms with van der Waals surface area (Å²) in [6, 6.07) is -0.500. The van der Waals surface area contributed by atoms with Crippen LogP contribution < -0.4 is 10.6 Å². The summed E-state index contributed by atoms with van der Waals surface area (Å²) in [5.41, 5.74) is -1.25. The van der Waals surface area contributed by atoms with E-state index in [4.69, 9.17) is 5.11 Å². The van der Waals surface area contributed by atoms with Gasteiger partial charge in [-0.05, 0) is 19.8 Å². The number of thiazole rings is 1. The molecule has 0 aliphatic rings. The zero-order valence-electron chi connectivity index (χ0n) is 11.3. The highest BCUT2D eigenvalue weighted by molar-refractivity contribution is 7.11. The number of rotatable bonds is 6. The molecule has 7 heteroatoms. The molecule has 0 saturated heterocycles. The fourth-order valence-electron chi connectivity index (χ4n) is 1.34. The van der Waals surface area contributed by atoms with Crippen LogP contribution in [0.2, 0.25) is 0 Å². The molecule has 1 aromatic rings. The van der Waals surface area contributed by atoms with Gasteiger partial charge in [0, 0.05) is 11.1 Å².